The van der Waals surface area contributed by atoms with Gasteiger partial charge < -0.3 is 4.57 Å². The Balaban J connectivity index is 2.02. The van der Waals surface area contributed by atoms with E-state index < -0.39 is 10.0 Å². The minimum Gasteiger partial charge on any atom is -0.324 e. The third-order valence-corrected chi connectivity index (χ3v) is 4.14. The normalized spacial score (nSPS) is 11.9. The van der Waals surface area contributed by atoms with Gasteiger partial charge in [0.25, 0.3) is 10.0 Å². The zero-order valence-electron chi connectivity index (χ0n) is 9.49. The van der Waals surface area contributed by atoms with Gasteiger partial charge in [0.15, 0.2) is 0 Å². The Kier molecular flexibility index (Phi) is 3.64. The Bertz CT molecular complexity index is 620. The van der Waals surface area contributed by atoms with Gasteiger partial charge in [-0.25, -0.2) is 18.1 Å². The van der Waals surface area contributed by atoms with Crippen LogP contribution in [-0.2, 0) is 23.6 Å². The molecule has 0 saturated carbocycles. The molecule has 0 aliphatic heterocycles. The average molecular weight is 291 g/mol. The molecule has 2 aromatic rings. The number of nitrogens with zero attached hydrogens (tertiary/aromatic N) is 5. The van der Waals surface area contributed by atoms with Crippen molar-refractivity contribution in [1.29, 1.82) is 0 Å². The predicted octanol–water partition coefficient (Wildman–Crippen LogP) is -0.357. The van der Waals surface area contributed by atoms with Crippen LogP contribution in [0.2, 0.25) is 5.15 Å². The third-order valence-electron chi connectivity index (χ3n) is 2.19. The van der Waals surface area contributed by atoms with Crippen LogP contribution < -0.4 is 4.72 Å². The first-order valence-corrected chi connectivity index (χ1v) is 6.87. The lowest BCUT2D eigenvalue weighted by molar-refractivity contribution is 0.551. The minimum atomic E-state index is -3.70. The summed E-state index contributed by atoms with van der Waals surface area (Å²) in [6.07, 6.45) is 4.50. The zero-order chi connectivity index (χ0) is 13.2. The summed E-state index contributed by atoms with van der Waals surface area (Å²) in [4.78, 5) is 3.75. The molecule has 0 radical (unpaired) electrons. The Morgan fingerprint density at radius 1 is 1.50 bits per heavy atom. The molecule has 98 valence electrons. The molecule has 2 heterocycles. The number of halogens is 1. The van der Waals surface area contributed by atoms with E-state index in [-0.39, 0.29) is 16.7 Å². The lowest BCUT2D eigenvalue weighted by Crippen LogP contribution is -2.28. The van der Waals surface area contributed by atoms with Crippen molar-refractivity contribution in [1.82, 2.24) is 29.3 Å². The van der Waals surface area contributed by atoms with Crippen molar-refractivity contribution >= 4 is 21.6 Å². The number of hydrogen-bond donors (Lipinski definition) is 1. The highest BCUT2D eigenvalue weighted by Gasteiger charge is 2.21. The van der Waals surface area contributed by atoms with Crippen molar-refractivity contribution in [3.05, 3.63) is 23.9 Å². The summed E-state index contributed by atoms with van der Waals surface area (Å²) in [7, 11) is -2.08. The Hall–Kier alpha value is -1.45. The van der Waals surface area contributed by atoms with E-state index in [9.17, 15) is 8.42 Å². The van der Waals surface area contributed by atoms with Crippen LogP contribution in [0, 0.1) is 0 Å². The summed E-state index contributed by atoms with van der Waals surface area (Å²) in [5, 5.41) is 7.22. The third kappa shape index (κ3) is 2.68. The molecule has 0 unspecified atom stereocenters. The summed E-state index contributed by atoms with van der Waals surface area (Å²) in [5.74, 6) is 0. The van der Waals surface area contributed by atoms with E-state index in [1.165, 1.54) is 21.8 Å². The van der Waals surface area contributed by atoms with Gasteiger partial charge in [-0.05, 0) is 0 Å². The molecule has 0 atom stereocenters. The summed E-state index contributed by atoms with van der Waals surface area (Å²) >= 11 is 5.83. The van der Waals surface area contributed by atoms with Crippen molar-refractivity contribution in [2.24, 2.45) is 7.05 Å². The van der Waals surface area contributed by atoms with Crippen LogP contribution in [0.25, 0.3) is 0 Å². The Labute approximate surface area is 109 Å². The van der Waals surface area contributed by atoms with Crippen molar-refractivity contribution in [3.8, 4) is 0 Å². The highest BCUT2D eigenvalue weighted by Crippen LogP contribution is 2.17. The largest absolute Gasteiger partial charge is 0.324 e. The van der Waals surface area contributed by atoms with Gasteiger partial charge in [-0.1, -0.05) is 16.8 Å². The van der Waals surface area contributed by atoms with Gasteiger partial charge in [-0.15, -0.1) is 5.10 Å². The van der Waals surface area contributed by atoms with E-state index in [2.05, 4.69) is 20.0 Å². The Morgan fingerprint density at radius 3 is 2.83 bits per heavy atom. The number of rotatable bonds is 5. The summed E-state index contributed by atoms with van der Waals surface area (Å²) in [6, 6.07) is 0. The number of aromatic nitrogens is 5. The van der Waals surface area contributed by atoms with E-state index in [1.54, 1.807) is 13.2 Å². The highest BCUT2D eigenvalue weighted by atomic mass is 35.5. The highest BCUT2D eigenvalue weighted by molar-refractivity contribution is 7.89. The molecule has 0 aliphatic rings. The first-order chi connectivity index (χ1) is 8.50. The van der Waals surface area contributed by atoms with Crippen molar-refractivity contribution < 1.29 is 8.42 Å². The van der Waals surface area contributed by atoms with Crippen molar-refractivity contribution in [2.45, 2.75) is 11.6 Å². The van der Waals surface area contributed by atoms with Crippen molar-refractivity contribution in [2.75, 3.05) is 6.54 Å². The number of aryl methyl sites for hydroxylation is 1. The standard InChI is InChI=1S/C8H11ClN6O2S/c1-14-6-10-8(7(14)9)18(16,17)12-3-5-15-4-2-11-13-15/h2,4,6,12H,3,5H2,1H3. The molecular weight excluding hydrogens is 280 g/mol. The molecule has 8 nitrogen and oxygen atoms in total. The number of nitrogens with one attached hydrogen (secondary N) is 1. The summed E-state index contributed by atoms with van der Waals surface area (Å²) in [5.41, 5.74) is 0. The molecule has 0 aliphatic carbocycles. The molecule has 0 amide bonds. The molecule has 2 rings (SSSR count). The van der Waals surface area contributed by atoms with Gasteiger partial charge in [0, 0.05) is 19.8 Å². The maximum Gasteiger partial charge on any atom is 0.261 e. The van der Waals surface area contributed by atoms with Crippen LogP contribution in [0.1, 0.15) is 0 Å². The van der Waals surface area contributed by atoms with E-state index in [1.807, 2.05) is 0 Å². The van der Waals surface area contributed by atoms with Crippen LogP contribution in [0.15, 0.2) is 23.7 Å². The topological polar surface area (TPSA) is 94.7 Å². The first kappa shape index (κ1) is 13.0. The predicted molar refractivity (Wildman–Crippen MR) is 63.4 cm³/mol. The monoisotopic (exact) mass is 290 g/mol. The fourth-order valence-corrected chi connectivity index (χ4v) is 2.73. The van der Waals surface area contributed by atoms with E-state index >= 15 is 0 Å². The van der Waals surface area contributed by atoms with Gasteiger partial charge >= 0.3 is 0 Å². The quantitative estimate of drug-likeness (QED) is 0.812. The molecule has 18 heavy (non-hydrogen) atoms. The number of sulfonamides is 1. The second kappa shape index (κ2) is 5.04. The van der Waals surface area contributed by atoms with Gasteiger partial charge in [-0.2, -0.15) is 0 Å². The number of imidazole rings is 1. The number of hydrogen-bond acceptors (Lipinski definition) is 5. The zero-order valence-corrected chi connectivity index (χ0v) is 11.1. The summed E-state index contributed by atoms with van der Waals surface area (Å²) in [6.45, 7) is 0.558. The molecule has 0 saturated heterocycles. The molecule has 0 spiro atoms. The molecular formula is C8H11ClN6O2S. The van der Waals surface area contributed by atoms with Crippen LogP contribution in [0.5, 0.6) is 0 Å². The van der Waals surface area contributed by atoms with Crippen LogP contribution in [0.3, 0.4) is 0 Å². The lowest BCUT2D eigenvalue weighted by atomic mass is 10.6. The summed E-state index contributed by atoms with van der Waals surface area (Å²) < 4.78 is 29.1. The van der Waals surface area contributed by atoms with E-state index in [0.29, 0.717) is 6.54 Å². The van der Waals surface area contributed by atoms with Gasteiger partial charge in [0.1, 0.15) is 5.15 Å². The van der Waals surface area contributed by atoms with Gasteiger partial charge in [-0.3, -0.25) is 4.68 Å². The first-order valence-electron chi connectivity index (χ1n) is 5.01. The van der Waals surface area contributed by atoms with Crippen molar-refractivity contribution in [3.63, 3.8) is 0 Å². The fourth-order valence-electron chi connectivity index (χ4n) is 1.29. The van der Waals surface area contributed by atoms with E-state index in [4.69, 9.17) is 11.6 Å². The second-order valence-electron chi connectivity index (χ2n) is 3.52. The SMILES string of the molecule is Cn1cnc(S(=O)(=O)NCCn2ccnn2)c1Cl. The molecule has 0 bridgehead atoms. The van der Waals surface area contributed by atoms with Crippen LogP contribution in [-0.4, -0.2) is 39.5 Å². The van der Waals surface area contributed by atoms with Crippen LogP contribution in [0.4, 0.5) is 0 Å². The maximum absolute atomic E-state index is 11.9. The molecule has 0 aromatic carbocycles. The molecule has 2 aromatic heterocycles. The van der Waals surface area contributed by atoms with Crippen LogP contribution >= 0.6 is 11.6 Å². The lowest BCUT2D eigenvalue weighted by Gasteiger charge is -2.04. The van der Waals surface area contributed by atoms with E-state index in [0.717, 1.165) is 0 Å². The minimum absolute atomic E-state index is 0.0725. The fraction of sp³-hybridized carbons (Fsp3) is 0.375. The Morgan fingerprint density at radius 2 is 2.28 bits per heavy atom. The smallest absolute Gasteiger partial charge is 0.261 e. The second-order valence-corrected chi connectivity index (χ2v) is 5.56. The maximum atomic E-state index is 11.9. The van der Waals surface area contributed by atoms with Gasteiger partial charge in [0.05, 0.1) is 19.1 Å². The average Bonchev–Trinajstić information content (AvgIpc) is 2.91. The molecule has 1 N–H and O–H groups in total. The molecule has 10 heteroatoms. The molecule has 0 fully saturated rings. The van der Waals surface area contributed by atoms with Gasteiger partial charge in [0.2, 0.25) is 5.03 Å².